The molecule has 0 radical (unpaired) electrons. The second kappa shape index (κ2) is 9.59. The predicted octanol–water partition coefficient (Wildman–Crippen LogP) is 3.68. The number of nitrogens with zero attached hydrogens (tertiary/aromatic N) is 6. The van der Waals surface area contributed by atoms with Gasteiger partial charge in [0.25, 0.3) is 5.91 Å². The fourth-order valence-electron chi connectivity index (χ4n) is 3.57. The fraction of sp³-hybridized carbons (Fsp3) is 0.348. The van der Waals surface area contributed by atoms with Crippen LogP contribution in [0, 0.1) is 5.92 Å². The van der Waals surface area contributed by atoms with Crippen LogP contribution in [0.2, 0.25) is 5.02 Å². The summed E-state index contributed by atoms with van der Waals surface area (Å²) in [6.45, 7) is 4.67. The first-order chi connectivity index (χ1) is 16.9. The number of fused-ring (bicyclic) bond motifs is 1. The maximum absolute atomic E-state index is 14.1. The number of ether oxygens (including phenoxy) is 1. The molecule has 0 bridgehead atoms. The number of aromatic nitrogens is 6. The minimum Gasteiger partial charge on any atom is -0.377 e. The molecule has 4 aromatic heterocycles. The number of hydrogen-bond acceptors (Lipinski definition) is 7. The number of alkyl halides is 1. The molecule has 10 nitrogen and oxygen atoms in total. The Morgan fingerprint density at radius 1 is 1.20 bits per heavy atom. The second-order valence-electron chi connectivity index (χ2n) is 8.71. The molecule has 182 valence electrons. The predicted molar refractivity (Wildman–Crippen MR) is 129 cm³/mol. The Balaban J connectivity index is 1.48. The van der Waals surface area contributed by atoms with Crippen LogP contribution in [0.1, 0.15) is 30.2 Å². The maximum atomic E-state index is 14.1. The third-order valence-corrected chi connectivity index (χ3v) is 6.00. The van der Waals surface area contributed by atoms with Crippen LogP contribution in [0.15, 0.2) is 43.2 Å². The minimum atomic E-state index is -1.15. The summed E-state index contributed by atoms with van der Waals surface area (Å²) >= 11 is 6.02. The molecule has 1 fully saturated rings. The Kier molecular flexibility index (Phi) is 6.35. The standard InChI is InChI=1S/C23H24ClFN8O2/c1-13(2)19(25)8-28-23(34)18-6-26-20(17-7-30-33-9-14(24)4-27-22(17)33)3-21(18)31-15-5-29-32(10-15)16-11-35-12-16/h3-7,9-10,13,16,19H,8,11-12H2,1-2H3,(H,26,31)(H,28,34). The van der Waals surface area contributed by atoms with Gasteiger partial charge in [-0.25, -0.2) is 13.9 Å². The van der Waals surface area contributed by atoms with E-state index in [4.69, 9.17) is 16.3 Å². The van der Waals surface area contributed by atoms with Crippen LogP contribution in [0.25, 0.3) is 16.9 Å². The molecule has 1 aliphatic rings. The molecule has 0 saturated carbocycles. The van der Waals surface area contributed by atoms with Crippen LogP contribution in [-0.2, 0) is 4.74 Å². The molecule has 5 rings (SSSR count). The van der Waals surface area contributed by atoms with Crippen molar-refractivity contribution in [2.75, 3.05) is 25.1 Å². The van der Waals surface area contributed by atoms with E-state index in [1.165, 1.54) is 12.4 Å². The van der Waals surface area contributed by atoms with Gasteiger partial charge >= 0.3 is 0 Å². The highest BCUT2D eigenvalue weighted by molar-refractivity contribution is 6.30. The van der Waals surface area contributed by atoms with Crippen molar-refractivity contribution in [3.05, 3.63) is 53.8 Å². The third kappa shape index (κ3) is 4.82. The normalized spacial score (nSPS) is 14.8. The van der Waals surface area contributed by atoms with E-state index in [0.29, 0.717) is 46.5 Å². The maximum Gasteiger partial charge on any atom is 0.255 e. The molecule has 1 atom stereocenters. The molecule has 1 saturated heterocycles. The van der Waals surface area contributed by atoms with Gasteiger partial charge < -0.3 is 15.4 Å². The number of carbonyl (C=O) groups is 1. The molecule has 1 aliphatic heterocycles. The first-order valence-electron chi connectivity index (χ1n) is 11.2. The summed E-state index contributed by atoms with van der Waals surface area (Å²) in [6.07, 6.45) is 8.65. The summed E-state index contributed by atoms with van der Waals surface area (Å²) in [5, 5.41) is 15.1. The molecule has 2 N–H and O–H groups in total. The average Bonchev–Trinajstić information content (AvgIpc) is 3.42. The van der Waals surface area contributed by atoms with Gasteiger partial charge in [-0.2, -0.15) is 10.2 Å². The Labute approximate surface area is 205 Å². The van der Waals surface area contributed by atoms with E-state index in [1.807, 2.05) is 10.9 Å². The van der Waals surface area contributed by atoms with E-state index >= 15 is 0 Å². The van der Waals surface area contributed by atoms with Gasteiger partial charge in [-0.3, -0.25) is 14.5 Å². The van der Waals surface area contributed by atoms with E-state index in [1.54, 1.807) is 43.0 Å². The summed E-state index contributed by atoms with van der Waals surface area (Å²) in [5.41, 5.74) is 3.25. The molecule has 0 spiro atoms. The van der Waals surface area contributed by atoms with Gasteiger partial charge in [0.1, 0.15) is 6.17 Å². The van der Waals surface area contributed by atoms with Crippen LogP contribution in [-0.4, -0.2) is 61.2 Å². The van der Waals surface area contributed by atoms with Gasteiger partial charge in [0.2, 0.25) is 0 Å². The van der Waals surface area contributed by atoms with Crippen LogP contribution in [0.3, 0.4) is 0 Å². The van der Waals surface area contributed by atoms with Gasteiger partial charge in [0, 0.05) is 25.1 Å². The van der Waals surface area contributed by atoms with Crippen molar-refractivity contribution >= 4 is 34.5 Å². The van der Waals surface area contributed by atoms with Crippen molar-refractivity contribution in [2.45, 2.75) is 26.1 Å². The largest absolute Gasteiger partial charge is 0.377 e. The lowest BCUT2D eigenvalue weighted by Gasteiger charge is -2.25. The third-order valence-electron chi connectivity index (χ3n) is 5.81. The highest BCUT2D eigenvalue weighted by Crippen LogP contribution is 2.29. The summed E-state index contributed by atoms with van der Waals surface area (Å²) < 4.78 is 22.7. The molecule has 1 amide bonds. The van der Waals surface area contributed by atoms with Crippen LogP contribution in [0.5, 0.6) is 0 Å². The number of amides is 1. The molecule has 1 unspecified atom stereocenters. The van der Waals surface area contributed by atoms with Gasteiger partial charge in [-0.1, -0.05) is 25.4 Å². The Morgan fingerprint density at radius 2 is 2.03 bits per heavy atom. The van der Waals surface area contributed by atoms with Crippen LogP contribution in [0.4, 0.5) is 15.8 Å². The van der Waals surface area contributed by atoms with E-state index in [9.17, 15) is 9.18 Å². The first kappa shape index (κ1) is 23.2. The summed E-state index contributed by atoms with van der Waals surface area (Å²) in [5.74, 6) is -0.634. The zero-order valence-electron chi connectivity index (χ0n) is 19.2. The summed E-state index contributed by atoms with van der Waals surface area (Å²) in [6, 6.07) is 1.93. The van der Waals surface area contributed by atoms with Crippen molar-refractivity contribution < 1.29 is 13.9 Å². The number of nitrogens with one attached hydrogen (secondary N) is 2. The zero-order chi connectivity index (χ0) is 24.5. The quantitative estimate of drug-likeness (QED) is 0.381. The molecule has 5 heterocycles. The lowest BCUT2D eigenvalue weighted by molar-refractivity contribution is -0.0286. The molecule has 12 heteroatoms. The Bertz CT molecular complexity index is 1370. The van der Waals surface area contributed by atoms with Crippen molar-refractivity contribution in [3.8, 4) is 11.3 Å². The average molecular weight is 499 g/mol. The lowest BCUT2D eigenvalue weighted by Crippen LogP contribution is -2.32. The SMILES string of the molecule is CC(C)C(F)CNC(=O)c1cnc(-c2cnn3cc(Cl)cnc23)cc1Nc1cnn(C2COC2)c1. The van der Waals surface area contributed by atoms with Crippen molar-refractivity contribution in [1.29, 1.82) is 0 Å². The molecular formula is C23H24ClFN8O2. The van der Waals surface area contributed by atoms with Crippen LogP contribution < -0.4 is 10.6 Å². The van der Waals surface area contributed by atoms with Gasteiger partial charge in [-0.05, 0) is 12.0 Å². The number of pyridine rings is 1. The minimum absolute atomic E-state index is 0.0873. The highest BCUT2D eigenvalue weighted by atomic mass is 35.5. The summed E-state index contributed by atoms with van der Waals surface area (Å²) in [7, 11) is 0. The summed E-state index contributed by atoms with van der Waals surface area (Å²) in [4.78, 5) is 21.8. The van der Waals surface area contributed by atoms with Gasteiger partial charge in [0.05, 0.1) is 71.1 Å². The van der Waals surface area contributed by atoms with Crippen molar-refractivity contribution in [2.24, 2.45) is 5.92 Å². The molecule has 0 aromatic carbocycles. The molecule has 35 heavy (non-hydrogen) atoms. The van der Waals surface area contributed by atoms with E-state index < -0.39 is 12.1 Å². The van der Waals surface area contributed by atoms with Gasteiger partial charge in [-0.15, -0.1) is 0 Å². The lowest BCUT2D eigenvalue weighted by atomic mass is 10.1. The number of anilines is 2. The zero-order valence-corrected chi connectivity index (χ0v) is 19.9. The topological polar surface area (TPSA) is 111 Å². The Hall–Kier alpha value is -3.57. The first-order valence-corrected chi connectivity index (χ1v) is 11.6. The smallest absolute Gasteiger partial charge is 0.255 e. The van der Waals surface area contributed by atoms with Crippen LogP contribution >= 0.6 is 11.6 Å². The Morgan fingerprint density at radius 3 is 2.77 bits per heavy atom. The number of rotatable bonds is 8. The fourth-order valence-corrected chi connectivity index (χ4v) is 3.72. The second-order valence-corrected chi connectivity index (χ2v) is 9.15. The van der Waals surface area contributed by atoms with Crippen molar-refractivity contribution in [1.82, 2.24) is 34.7 Å². The number of halogens is 2. The van der Waals surface area contributed by atoms with E-state index in [0.717, 1.165) is 0 Å². The van der Waals surface area contributed by atoms with E-state index in [2.05, 4.69) is 30.8 Å². The monoisotopic (exact) mass is 498 g/mol. The molecule has 4 aromatic rings. The number of carbonyl (C=O) groups excluding carboxylic acids is 1. The van der Waals surface area contributed by atoms with E-state index in [-0.39, 0.29) is 24.1 Å². The number of hydrogen-bond donors (Lipinski definition) is 2. The molecular weight excluding hydrogens is 475 g/mol. The van der Waals surface area contributed by atoms with Gasteiger partial charge in [0.15, 0.2) is 5.65 Å². The molecule has 0 aliphatic carbocycles. The highest BCUT2D eigenvalue weighted by Gasteiger charge is 2.22. The van der Waals surface area contributed by atoms with Crippen molar-refractivity contribution in [3.63, 3.8) is 0 Å².